The van der Waals surface area contributed by atoms with Crippen LogP contribution < -0.4 is 0 Å². The average Bonchev–Trinajstić information content (AvgIpc) is 3.34. The van der Waals surface area contributed by atoms with Crippen LogP contribution in [0.25, 0.3) is 0 Å². The minimum Gasteiger partial charge on any atom is -0.336 e. The molecule has 2 fully saturated rings. The van der Waals surface area contributed by atoms with Crippen LogP contribution in [0.2, 0.25) is 0 Å². The molecule has 1 atom stereocenters. The molecule has 3 aliphatic carbocycles. The summed E-state index contributed by atoms with van der Waals surface area (Å²) in [4.78, 5) is 15.3. The Morgan fingerprint density at radius 3 is 2.15 bits per heavy atom. The van der Waals surface area contributed by atoms with E-state index in [0.717, 1.165) is 25.2 Å². The summed E-state index contributed by atoms with van der Waals surface area (Å²) in [5.41, 5.74) is 0. The number of rotatable bonds is 4. The Balaban J connectivity index is 1.63. The van der Waals surface area contributed by atoms with E-state index >= 15 is 0 Å². The molecule has 1 amide bonds. The Kier molecular flexibility index (Phi) is 4.48. The maximum Gasteiger partial charge on any atom is 0.226 e. The molecule has 0 N–H and O–H groups in total. The first-order valence-corrected chi connectivity index (χ1v) is 8.76. The predicted octanol–water partition coefficient (Wildman–Crippen LogP) is 4.30. The van der Waals surface area contributed by atoms with Crippen molar-refractivity contribution in [3.8, 4) is 0 Å². The third-order valence-corrected chi connectivity index (χ3v) is 5.60. The van der Waals surface area contributed by atoms with E-state index in [9.17, 15) is 4.79 Å². The van der Waals surface area contributed by atoms with Gasteiger partial charge in [0.15, 0.2) is 0 Å². The molecule has 0 spiro atoms. The summed E-state index contributed by atoms with van der Waals surface area (Å²) in [5.74, 6) is 1.68. The molecule has 3 aliphatic rings. The molecule has 2 heteroatoms. The number of allylic oxidation sites excluding steroid dienone is 2. The van der Waals surface area contributed by atoms with Crippen molar-refractivity contribution >= 4 is 5.91 Å². The summed E-state index contributed by atoms with van der Waals surface area (Å²) >= 11 is 0. The van der Waals surface area contributed by atoms with Gasteiger partial charge in [0.05, 0.1) is 0 Å². The second kappa shape index (κ2) is 6.32. The van der Waals surface area contributed by atoms with Gasteiger partial charge >= 0.3 is 0 Å². The van der Waals surface area contributed by atoms with Gasteiger partial charge in [0.2, 0.25) is 5.91 Å². The average molecular weight is 275 g/mol. The minimum absolute atomic E-state index is 0.282. The Morgan fingerprint density at radius 2 is 1.65 bits per heavy atom. The molecule has 2 saturated carbocycles. The zero-order chi connectivity index (χ0) is 13.9. The standard InChI is InChI=1S/C18H29NO/c1-2-14-8-10-16(11-9-14)19(17-12-13-17)18(20)15-6-4-3-5-7-15/h3-4,14-17H,2,5-13H2,1H3. The maximum absolute atomic E-state index is 12.9. The Labute approximate surface area is 123 Å². The van der Waals surface area contributed by atoms with Crippen molar-refractivity contribution < 1.29 is 4.79 Å². The first kappa shape index (κ1) is 14.2. The fourth-order valence-corrected chi connectivity index (χ4v) is 4.07. The molecule has 0 heterocycles. The third kappa shape index (κ3) is 3.10. The molecule has 20 heavy (non-hydrogen) atoms. The van der Waals surface area contributed by atoms with Crippen molar-refractivity contribution in [3.05, 3.63) is 12.2 Å². The number of amides is 1. The highest BCUT2D eigenvalue weighted by Crippen LogP contribution is 2.38. The summed E-state index contributed by atoms with van der Waals surface area (Å²) in [5, 5.41) is 0. The van der Waals surface area contributed by atoms with Crippen molar-refractivity contribution in [2.75, 3.05) is 0 Å². The van der Waals surface area contributed by atoms with E-state index in [0.29, 0.717) is 18.0 Å². The van der Waals surface area contributed by atoms with E-state index < -0.39 is 0 Å². The van der Waals surface area contributed by atoms with Crippen LogP contribution in [0.3, 0.4) is 0 Å². The van der Waals surface area contributed by atoms with Gasteiger partial charge in [-0.3, -0.25) is 4.79 Å². The van der Waals surface area contributed by atoms with Crippen molar-refractivity contribution in [1.82, 2.24) is 4.90 Å². The number of hydrogen-bond donors (Lipinski definition) is 0. The quantitative estimate of drug-likeness (QED) is 0.700. The Hall–Kier alpha value is -0.790. The van der Waals surface area contributed by atoms with E-state index in [1.807, 2.05) is 0 Å². The molecule has 3 rings (SSSR count). The van der Waals surface area contributed by atoms with Crippen LogP contribution >= 0.6 is 0 Å². The monoisotopic (exact) mass is 275 g/mol. The van der Waals surface area contributed by atoms with Crippen LogP contribution in [0.1, 0.15) is 71.1 Å². The maximum atomic E-state index is 12.9. The van der Waals surface area contributed by atoms with E-state index in [1.165, 1.54) is 44.9 Å². The number of carbonyl (C=O) groups excluding carboxylic acids is 1. The largest absolute Gasteiger partial charge is 0.336 e. The van der Waals surface area contributed by atoms with Gasteiger partial charge in [-0.1, -0.05) is 25.5 Å². The predicted molar refractivity (Wildman–Crippen MR) is 82.4 cm³/mol. The van der Waals surface area contributed by atoms with Crippen LogP contribution in [0, 0.1) is 11.8 Å². The van der Waals surface area contributed by atoms with Gasteiger partial charge in [0.25, 0.3) is 0 Å². The molecule has 112 valence electrons. The van der Waals surface area contributed by atoms with Crippen molar-refractivity contribution in [2.45, 2.75) is 83.2 Å². The topological polar surface area (TPSA) is 20.3 Å². The highest BCUT2D eigenvalue weighted by atomic mass is 16.2. The Morgan fingerprint density at radius 1 is 1.00 bits per heavy atom. The van der Waals surface area contributed by atoms with Gasteiger partial charge in [0.1, 0.15) is 0 Å². The van der Waals surface area contributed by atoms with Crippen LogP contribution in [0.4, 0.5) is 0 Å². The zero-order valence-electron chi connectivity index (χ0n) is 12.9. The van der Waals surface area contributed by atoms with E-state index in [2.05, 4.69) is 24.0 Å². The fourth-order valence-electron chi connectivity index (χ4n) is 4.07. The summed E-state index contributed by atoms with van der Waals surface area (Å²) in [7, 11) is 0. The molecular formula is C18H29NO. The number of hydrogen-bond acceptors (Lipinski definition) is 1. The van der Waals surface area contributed by atoms with Crippen LogP contribution in [-0.4, -0.2) is 22.9 Å². The summed E-state index contributed by atoms with van der Waals surface area (Å²) in [6.07, 6.45) is 16.6. The van der Waals surface area contributed by atoms with E-state index in [4.69, 9.17) is 0 Å². The molecule has 1 unspecified atom stereocenters. The third-order valence-electron chi connectivity index (χ3n) is 5.60. The van der Waals surface area contributed by atoms with Crippen molar-refractivity contribution in [3.63, 3.8) is 0 Å². The van der Waals surface area contributed by atoms with Gasteiger partial charge < -0.3 is 4.90 Å². The second-order valence-corrected chi connectivity index (χ2v) is 7.04. The highest BCUT2D eigenvalue weighted by Gasteiger charge is 2.40. The SMILES string of the molecule is CCC1CCC(N(C(=O)C2CC=CCC2)C2CC2)CC1. The molecule has 0 radical (unpaired) electrons. The first-order chi connectivity index (χ1) is 9.79. The smallest absolute Gasteiger partial charge is 0.226 e. The summed E-state index contributed by atoms with van der Waals surface area (Å²) < 4.78 is 0. The molecule has 0 bridgehead atoms. The molecular weight excluding hydrogens is 246 g/mol. The molecule has 0 saturated heterocycles. The van der Waals surface area contributed by atoms with Gasteiger partial charge in [0, 0.05) is 18.0 Å². The molecule has 0 aliphatic heterocycles. The highest BCUT2D eigenvalue weighted by molar-refractivity contribution is 5.80. The van der Waals surface area contributed by atoms with Gasteiger partial charge in [-0.15, -0.1) is 0 Å². The van der Waals surface area contributed by atoms with Gasteiger partial charge in [-0.2, -0.15) is 0 Å². The molecule has 0 aromatic rings. The Bertz CT molecular complexity index is 364. The summed E-state index contributed by atoms with van der Waals surface area (Å²) in [6.45, 7) is 2.31. The zero-order valence-corrected chi connectivity index (χ0v) is 12.9. The second-order valence-electron chi connectivity index (χ2n) is 7.04. The fraction of sp³-hybridized carbons (Fsp3) is 0.833. The lowest BCUT2D eigenvalue weighted by Crippen LogP contribution is -2.46. The van der Waals surface area contributed by atoms with Crippen molar-refractivity contribution in [2.24, 2.45) is 11.8 Å². The lowest BCUT2D eigenvalue weighted by molar-refractivity contribution is -0.139. The lowest BCUT2D eigenvalue weighted by Gasteiger charge is -2.39. The normalized spacial score (nSPS) is 34.0. The number of nitrogens with zero attached hydrogens (tertiary/aromatic N) is 1. The van der Waals surface area contributed by atoms with Crippen LogP contribution in [0.15, 0.2) is 12.2 Å². The van der Waals surface area contributed by atoms with E-state index in [1.54, 1.807) is 0 Å². The minimum atomic E-state index is 0.282. The van der Waals surface area contributed by atoms with Gasteiger partial charge in [-0.05, 0) is 63.7 Å². The molecule has 0 aromatic carbocycles. The van der Waals surface area contributed by atoms with Crippen LogP contribution in [-0.2, 0) is 4.79 Å². The lowest BCUT2D eigenvalue weighted by atomic mass is 9.83. The van der Waals surface area contributed by atoms with E-state index in [-0.39, 0.29) is 5.92 Å². The molecule has 0 aromatic heterocycles. The molecule has 2 nitrogen and oxygen atoms in total. The summed E-state index contributed by atoms with van der Waals surface area (Å²) in [6, 6.07) is 1.15. The van der Waals surface area contributed by atoms with Crippen LogP contribution in [0.5, 0.6) is 0 Å². The number of carbonyl (C=O) groups is 1. The first-order valence-electron chi connectivity index (χ1n) is 8.76. The van der Waals surface area contributed by atoms with Crippen molar-refractivity contribution in [1.29, 1.82) is 0 Å². The van der Waals surface area contributed by atoms with Gasteiger partial charge in [-0.25, -0.2) is 0 Å².